The molecule has 0 saturated heterocycles. The highest BCUT2D eigenvalue weighted by Crippen LogP contribution is 2.24. The molecule has 3 aromatic rings. The van der Waals surface area contributed by atoms with Crippen LogP contribution in [0.15, 0.2) is 47.8 Å². The normalized spacial score (nSPS) is 10.5. The standard InChI is InChI=1S/C19H17ClN2O2S/c1-12-9-14(20)7-8-17(12)22-19(23)16-5-3-4-6-18(16)24-10-15-11-25-13(2)21-15/h3-9,11H,10H2,1-2H3,(H,22,23). The number of aromatic nitrogens is 1. The van der Waals surface area contributed by atoms with Gasteiger partial charge in [0, 0.05) is 16.1 Å². The van der Waals surface area contributed by atoms with Crippen LogP contribution in [0.25, 0.3) is 0 Å². The molecule has 0 unspecified atom stereocenters. The van der Waals surface area contributed by atoms with Crippen molar-refractivity contribution in [2.45, 2.75) is 20.5 Å². The van der Waals surface area contributed by atoms with Crippen LogP contribution in [0.2, 0.25) is 5.02 Å². The molecule has 0 atom stereocenters. The number of rotatable bonds is 5. The number of anilines is 1. The molecular formula is C19H17ClN2O2S. The first-order valence-corrected chi connectivity index (χ1v) is 8.99. The Morgan fingerprint density at radius 3 is 2.76 bits per heavy atom. The Labute approximate surface area is 155 Å². The van der Waals surface area contributed by atoms with Crippen LogP contribution in [0.3, 0.4) is 0 Å². The number of benzene rings is 2. The lowest BCUT2D eigenvalue weighted by Gasteiger charge is -2.12. The molecule has 0 bridgehead atoms. The summed E-state index contributed by atoms with van der Waals surface area (Å²) in [4.78, 5) is 17.0. The second-order valence-corrected chi connectivity index (χ2v) is 7.05. The van der Waals surface area contributed by atoms with Gasteiger partial charge in [0.25, 0.3) is 5.91 Å². The highest BCUT2D eigenvalue weighted by atomic mass is 35.5. The van der Waals surface area contributed by atoms with Gasteiger partial charge in [-0.05, 0) is 49.7 Å². The van der Waals surface area contributed by atoms with E-state index in [2.05, 4.69) is 10.3 Å². The fourth-order valence-corrected chi connectivity index (χ4v) is 3.19. The highest BCUT2D eigenvalue weighted by Gasteiger charge is 2.14. The van der Waals surface area contributed by atoms with Gasteiger partial charge >= 0.3 is 0 Å². The lowest BCUT2D eigenvalue weighted by Crippen LogP contribution is -2.14. The van der Waals surface area contributed by atoms with E-state index < -0.39 is 0 Å². The number of carbonyl (C=O) groups excluding carboxylic acids is 1. The van der Waals surface area contributed by atoms with Crippen molar-refractivity contribution < 1.29 is 9.53 Å². The number of carbonyl (C=O) groups is 1. The number of thiazole rings is 1. The summed E-state index contributed by atoms with van der Waals surface area (Å²) in [6.07, 6.45) is 0. The molecule has 4 nitrogen and oxygen atoms in total. The minimum Gasteiger partial charge on any atom is -0.486 e. The molecule has 6 heteroatoms. The Bertz CT molecular complexity index is 908. The van der Waals surface area contributed by atoms with E-state index in [-0.39, 0.29) is 5.91 Å². The SMILES string of the molecule is Cc1nc(COc2ccccc2C(=O)Nc2ccc(Cl)cc2C)cs1. The number of nitrogens with zero attached hydrogens (tertiary/aromatic N) is 1. The van der Waals surface area contributed by atoms with E-state index in [9.17, 15) is 4.79 Å². The smallest absolute Gasteiger partial charge is 0.259 e. The van der Waals surface area contributed by atoms with Crippen LogP contribution in [0.4, 0.5) is 5.69 Å². The molecule has 0 fully saturated rings. The summed E-state index contributed by atoms with van der Waals surface area (Å²) in [6, 6.07) is 12.5. The van der Waals surface area contributed by atoms with Crippen LogP contribution in [-0.2, 0) is 6.61 Å². The van der Waals surface area contributed by atoms with Crippen LogP contribution < -0.4 is 10.1 Å². The largest absolute Gasteiger partial charge is 0.486 e. The first-order valence-electron chi connectivity index (χ1n) is 7.73. The van der Waals surface area contributed by atoms with Crippen molar-refractivity contribution >= 4 is 34.5 Å². The van der Waals surface area contributed by atoms with E-state index in [1.807, 2.05) is 37.4 Å². The summed E-state index contributed by atoms with van der Waals surface area (Å²) in [5.41, 5.74) is 2.95. The van der Waals surface area contributed by atoms with Gasteiger partial charge < -0.3 is 10.1 Å². The van der Waals surface area contributed by atoms with Gasteiger partial charge in [0.05, 0.1) is 16.3 Å². The molecular weight excluding hydrogens is 356 g/mol. The maximum absolute atomic E-state index is 12.6. The number of amides is 1. The van der Waals surface area contributed by atoms with Crippen molar-refractivity contribution in [2.75, 3.05) is 5.32 Å². The molecule has 0 radical (unpaired) electrons. The molecule has 0 aliphatic rings. The Morgan fingerprint density at radius 2 is 2.04 bits per heavy atom. The second-order valence-electron chi connectivity index (χ2n) is 5.56. The average molecular weight is 373 g/mol. The molecule has 1 N–H and O–H groups in total. The summed E-state index contributed by atoms with van der Waals surface area (Å²) in [5.74, 6) is 0.299. The molecule has 128 valence electrons. The fraction of sp³-hybridized carbons (Fsp3) is 0.158. The molecule has 0 spiro atoms. The van der Waals surface area contributed by atoms with Crippen LogP contribution >= 0.6 is 22.9 Å². The molecule has 0 saturated carbocycles. The van der Waals surface area contributed by atoms with E-state index in [4.69, 9.17) is 16.3 Å². The van der Waals surface area contributed by atoms with Gasteiger partial charge in [-0.2, -0.15) is 0 Å². The van der Waals surface area contributed by atoms with Crippen molar-refractivity contribution in [1.82, 2.24) is 4.98 Å². The number of hydrogen-bond donors (Lipinski definition) is 1. The first kappa shape index (κ1) is 17.5. The molecule has 3 rings (SSSR count). The summed E-state index contributed by atoms with van der Waals surface area (Å²) in [6.45, 7) is 4.17. The van der Waals surface area contributed by atoms with E-state index in [0.717, 1.165) is 22.0 Å². The molecule has 0 aliphatic carbocycles. The summed E-state index contributed by atoms with van der Waals surface area (Å²) in [7, 11) is 0. The summed E-state index contributed by atoms with van der Waals surface area (Å²) < 4.78 is 5.81. The lowest BCUT2D eigenvalue weighted by atomic mass is 10.1. The monoisotopic (exact) mass is 372 g/mol. The van der Waals surface area contributed by atoms with Gasteiger partial charge in [-0.3, -0.25) is 4.79 Å². The Hall–Kier alpha value is -2.37. The van der Waals surface area contributed by atoms with Gasteiger partial charge in [-0.1, -0.05) is 23.7 Å². The quantitative estimate of drug-likeness (QED) is 0.665. The zero-order valence-corrected chi connectivity index (χ0v) is 15.4. The van der Waals surface area contributed by atoms with E-state index in [0.29, 0.717) is 22.9 Å². The number of ether oxygens (including phenoxy) is 1. The Kier molecular flexibility index (Phi) is 5.36. The number of para-hydroxylation sites is 1. The molecule has 0 aliphatic heterocycles. The van der Waals surface area contributed by atoms with Crippen molar-refractivity contribution in [3.63, 3.8) is 0 Å². The van der Waals surface area contributed by atoms with Crippen LogP contribution in [0.1, 0.15) is 26.6 Å². The van der Waals surface area contributed by atoms with Crippen LogP contribution in [-0.4, -0.2) is 10.9 Å². The minimum absolute atomic E-state index is 0.226. The van der Waals surface area contributed by atoms with Gasteiger partial charge in [-0.25, -0.2) is 4.98 Å². The predicted molar refractivity (Wildman–Crippen MR) is 102 cm³/mol. The molecule has 1 amide bonds. The maximum atomic E-state index is 12.6. The Morgan fingerprint density at radius 1 is 1.24 bits per heavy atom. The van der Waals surface area contributed by atoms with Crippen molar-refractivity contribution in [1.29, 1.82) is 0 Å². The lowest BCUT2D eigenvalue weighted by molar-refractivity contribution is 0.102. The average Bonchev–Trinajstić information content (AvgIpc) is 3.01. The van der Waals surface area contributed by atoms with Crippen LogP contribution in [0, 0.1) is 13.8 Å². The third-order valence-corrected chi connectivity index (χ3v) is 4.67. The fourth-order valence-electron chi connectivity index (χ4n) is 2.36. The van der Waals surface area contributed by atoms with Gasteiger partial charge in [-0.15, -0.1) is 11.3 Å². The zero-order valence-electron chi connectivity index (χ0n) is 13.9. The number of halogens is 1. The molecule has 2 aromatic carbocycles. The van der Waals surface area contributed by atoms with Crippen LogP contribution in [0.5, 0.6) is 5.75 Å². The van der Waals surface area contributed by atoms with Crippen molar-refractivity contribution in [3.05, 3.63) is 74.7 Å². The number of hydrogen-bond acceptors (Lipinski definition) is 4. The van der Waals surface area contributed by atoms with Gasteiger partial charge in [0.1, 0.15) is 12.4 Å². The number of nitrogens with one attached hydrogen (secondary N) is 1. The topological polar surface area (TPSA) is 51.2 Å². The van der Waals surface area contributed by atoms with E-state index in [1.54, 1.807) is 35.6 Å². The van der Waals surface area contributed by atoms with E-state index >= 15 is 0 Å². The van der Waals surface area contributed by atoms with Gasteiger partial charge in [0.15, 0.2) is 0 Å². The third kappa shape index (κ3) is 4.38. The zero-order chi connectivity index (χ0) is 17.8. The predicted octanol–water partition coefficient (Wildman–Crippen LogP) is 5.24. The van der Waals surface area contributed by atoms with Crippen molar-refractivity contribution in [3.8, 4) is 5.75 Å². The number of aryl methyl sites for hydroxylation is 2. The highest BCUT2D eigenvalue weighted by molar-refractivity contribution is 7.09. The molecule has 25 heavy (non-hydrogen) atoms. The van der Waals surface area contributed by atoms with E-state index in [1.165, 1.54) is 0 Å². The van der Waals surface area contributed by atoms with Gasteiger partial charge in [0.2, 0.25) is 0 Å². The molecule has 1 heterocycles. The minimum atomic E-state index is -0.226. The van der Waals surface area contributed by atoms with Crippen molar-refractivity contribution in [2.24, 2.45) is 0 Å². The third-order valence-electron chi connectivity index (χ3n) is 3.61. The maximum Gasteiger partial charge on any atom is 0.259 e. The second kappa shape index (κ2) is 7.68. The summed E-state index contributed by atoms with van der Waals surface area (Å²) >= 11 is 7.53. The Balaban J connectivity index is 1.76. The first-order chi connectivity index (χ1) is 12.0. The summed E-state index contributed by atoms with van der Waals surface area (Å²) in [5, 5.41) is 6.48. The molecule has 1 aromatic heterocycles.